The van der Waals surface area contributed by atoms with Crippen LogP contribution >= 0.6 is 0 Å². The SMILES string of the molecule is COc1ccc(-c2nc3ccc(C)cc3[nH]2)cc1.COc1ccc(-c2nc3ccc(C)cc3[nH]2)cc1. The molecule has 0 spiro atoms. The van der Waals surface area contributed by atoms with Gasteiger partial charge in [-0.3, -0.25) is 0 Å². The van der Waals surface area contributed by atoms with Crippen molar-refractivity contribution in [2.45, 2.75) is 13.8 Å². The highest BCUT2D eigenvalue weighted by molar-refractivity contribution is 5.81. The summed E-state index contributed by atoms with van der Waals surface area (Å²) in [6, 6.07) is 28.2. The predicted octanol–water partition coefficient (Wildman–Crippen LogP) is 7.09. The van der Waals surface area contributed by atoms with Gasteiger partial charge in [-0.25, -0.2) is 9.97 Å². The Hall–Kier alpha value is -4.58. The molecule has 6 nitrogen and oxygen atoms in total. The van der Waals surface area contributed by atoms with Gasteiger partial charge in [-0.1, -0.05) is 12.1 Å². The Bertz CT molecular complexity index is 1490. The second kappa shape index (κ2) is 9.96. The van der Waals surface area contributed by atoms with E-state index in [4.69, 9.17) is 9.47 Å². The second-order valence-corrected chi connectivity index (χ2v) is 8.67. The van der Waals surface area contributed by atoms with Crippen molar-refractivity contribution in [3.8, 4) is 34.3 Å². The molecule has 0 saturated carbocycles. The first kappa shape index (κ1) is 23.2. The van der Waals surface area contributed by atoms with E-state index in [1.807, 2.05) is 60.7 Å². The third kappa shape index (κ3) is 4.93. The molecule has 0 fully saturated rings. The average molecular weight is 477 g/mol. The first-order valence-electron chi connectivity index (χ1n) is 11.7. The molecule has 0 aliphatic heterocycles. The van der Waals surface area contributed by atoms with Crippen LogP contribution in [0.4, 0.5) is 0 Å². The molecule has 2 aromatic heterocycles. The van der Waals surface area contributed by atoms with E-state index in [1.54, 1.807) is 14.2 Å². The number of nitrogens with zero attached hydrogens (tertiary/aromatic N) is 2. The molecule has 4 aromatic carbocycles. The number of methoxy groups -OCH3 is 2. The molecular formula is C30H28N4O2. The molecule has 0 aliphatic carbocycles. The lowest BCUT2D eigenvalue weighted by molar-refractivity contribution is 0.415. The van der Waals surface area contributed by atoms with Gasteiger partial charge in [0.15, 0.2) is 0 Å². The molecular weight excluding hydrogens is 448 g/mol. The number of imidazole rings is 2. The maximum Gasteiger partial charge on any atom is 0.138 e. The number of hydrogen-bond acceptors (Lipinski definition) is 4. The van der Waals surface area contributed by atoms with E-state index in [-0.39, 0.29) is 0 Å². The van der Waals surface area contributed by atoms with Crippen molar-refractivity contribution in [1.29, 1.82) is 0 Å². The highest BCUT2D eigenvalue weighted by Gasteiger charge is 2.06. The number of nitrogens with one attached hydrogen (secondary N) is 2. The fraction of sp³-hybridized carbons (Fsp3) is 0.133. The Morgan fingerprint density at radius 1 is 0.528 bits per heavy atom. The third-order valence-electron chi connectivity index (χ3n) is 6.00. The summed E-state index contributed by atoms with van der Waals surface area (Å²) in [6.45, 7) is 4.15. The molecule has 6 aromatic rings. The van der Waals surface area contributed by atoms with Crippen molar-refractivity contribution in [3.05, 3.63) is 96.1 Å². The molecule has 0 atom stereocenters. The fourth-order valence-corrected chi connectivity index (χ4v) is 4.02. The highest BCUT2D eigenvalue weighted by atomic mass is 16.5. The van der Waals surface area contributed by atoms with Crippen molar-refractivity contribution in [1.82, 2.24) is 19.9 Å². The van der Waals surface area contributed by atoms with Gasteiger partial charge in [-0.2, -0.15) is 0 Å². The predicted molar refractivity (Wildman–Crippen MR) is 146 cm³/mol. The smallest absolute Gasteiger partial charge is 0.138 e. The Labute approximate surface area is 210 Å². The van der Waals surface area contributed by atoms with Crippen LogP contribution in [0.5, 0.6) is 11.5 Å². The minimum Gasteiger partial charge on any atom is -0.497 e. The zero-order chi connectivity index (χ0) is 25.1. The summed E-state index contributed by atoms with van der Waals surface area (Å²) in [5.74, 6) is 3.48. The number of aryl methyl sites for hydroxylation is 2. The molecule has 0 bridgehead atoms. The van der Waals surface area contributed by atoms with E-state index in [0.29, 0.717) is 0 Å². The summed E-state index contributed by atoms with van der Waals surface area (Å²) in [4.78, 5) is 15.8. The first-order valence-corrected chi connectivity index (χ1v) is 11.7. The van der Waals surface area contributed by atoms with Crippen LogP contribution in [0.1, 0.15) is 11.1 Å². The maximum atomic E-state index is 5.15. The lowest BCUT2D eigenvalue weighted by Crippen LogP contribution is -1.83. The van der Waals surface area contributed by atoms with E-state index in [9.17, 15) is 0 Å². The number of fused-ring (bicyclic) bond motifs is 2. The van der Waals surface area contributed by atoms with E-state index >= 15 is 0 Å². The molecule has 36 heavy (non-hydrogen) atoms. The zero-order valence-corrected chi connectivity index (χ0v) is 20.8. The van der Waals surface area contributed by atoms with Crippen LogP contribution in [0, 0.1) is 13.8 Å². The third-order valence-corrected chi connectivity index (χ3v) is 6.00. The van der Waals surface area contributed by atoms with Crippen LogP contribution < -0.4 is 9.47 Å². The fourth-order valence-electron chi connectivity index (χ4n) is 4.02. The van der Waals surface area contributed by atoms with Crippen LogP contribution in [-0.4, -0.2) is 34.2 Å². The summed E-state index contributed by atoms with van der Waals surface area (Å²) >= 11 is 0. The van der Waals surface area contributed by atoms with E-state index in [2.05, 4.69) is 58.0 Å². The standard InChI is InChI=1S/2C15H14N2O/c2*1-10-3-8-13-14(9-10)17-15(16-13)11-4-6-12(18-2)7-5-11/h2*3-9H,1-2H3,(H,16,17). The number of aromatic nitrogens is 4. The number of ether oxygens (including phenoxy) is 2. The van der Waals surface area contributed by atoms with Crippen LogP contribution in [0.3, 0.4) is 0 Å². The Morgan fingerprint density at radius 3 is 1.28 bits per heavy atom. The van der Waals surface area contributed by atoms with Crippen LogP contribution in [0.2, 0.25) is 0 Å². The molecule has 2 heterocycles. The quantitative estimate of drug-likeness (QED) is 0.285. The lowest BCUT2D eigenvalue weighted by Gasteiger charge is -2.00. The largest absolute Gasteiger partial charge is 0.497 e. The maximum absolute atomic E-state index is 5.15. The minimum atomic E-state index is 0.853. The van der Waals surface area contributed by atoms with Crippen LogP contribution in [0.25, 0.3) is 44.8 Å². The molecule has 0 saturated heterocycles. The highest BCUT2D eigenvalue weighted by Crippen LogP contribution is 2.24. The van der Waals surface area contributed by atoms with Gasteiger partial charge in [0.1, 0.15) is 23.1 Å². The molecule has 180 valence electrons. The van der Waals surface area contributed by atoms with Gasteiger partial charge >= 0.3 is 0 Å². The van der Waals surface area contributed by atoms with Crippen LogP contribution in [-0.2, 0) is 0 Å². The molecule has 6 heteroatoms. The molecule has 0 unspecified atom stereocenters. The Morgan fingerprint density at radius 2 is 0.917 bits per heavy atom. The molecule has 0 radical (unpaired) electrons. The van der Waals surface area contributed by atoms with Crippen molar-refractivity contribution in [2.75, 3.05) is 14.2 Å². The molecule has 0 aliphatic rings. The van der Waals surface area contributed by atoms with Gasteiger partial charge < -0.3 is 19.4 Å². The zero-order valence-electron chi connectivity index (χ0n) is 20.8. The summed E-state index contributed by atoms with van der Waals surface area (Å²) in [6.07, 6.45) is 0. The van der Waals surface area contributed by atoms with Gasteiger partial charge in [-0.15, -0.1) is 0 Å². The lowest BCUT2D eigenvalue weighted by atomic mass is 10.2. The van der Waals surface area contributed by atoms with Gasteiger partial charge in [0.05, 0.1) is 36.3 Å². The molecule has 0 amide bonds. The normalized spacial score (nSPS) is 10.8. The summed E-state index contributed by atoms with van der Waals surface area (Å²) < 4.78 is 10.3. The van der Waals surface area contributed by atoms with Crippen molar-refractivity contribution >= 4 is 22.1 Å². The van der Waals surface area contributed by atoms with Crippen molar-refractivity contribution < 1.29 is 9.47 Å². The van der Waals surface area contributed by atoms with Crippen molar-refractivity contribution in [3.63, 3.8) is 0 Å². The molecule has 6 rings (SSSR count). The number of benzene rings is 4. The second-order valence-electron chi connectivity index (χ2n) is 8.67. The minimum absolute atomic E-state index is 0.853. The average Bonchev–Trinajstić information content (AvgIpc) is 3.53. The number of aromatic amines is 2. The summed E-state index contributed by atoms with van der Waals surface area (Å²) in [5.41, 5.74) is 8.70. The van der Waals surface area contributed by atoms with Gasteiger partial charge in [0.25, 0.3) is 0 Å². The number of hydrogen-bond donors (Lipinski definition) is 2. The van der Waals surface area contributed by atoms with Crippen molar-refractivity contribution in [2.24, 2.45) is 0 Å². The van der Waals surface area contributed by atoms with Gasteiger partial charge in [0, 0.05) is 11.1 Å². The Kier molecular flexibility index (Phi) is 6.41. The van der Waals surface area contributed by atoms with Crippen LogP contribution in [0.15, 0.2) is 84.9 Å². The monoisotopic (exact) mass is 476 g/mol. The van der Waals surface area contributed by atoms with E-state index in [1.165, 1.54) is 11.1 Å². The molecule has 2 N–H and O–H groups in total. The van der Waals surface area contributed by atoms with Gasteiger partial charge in [-0.05, 0) is 97.8 Å². The number of rotatable bonds is 4. The topological polar surface area (TPSA) is 75.8 Å². The van der Waals surface area contributed by atoms with Gasteiger partial charge in [0.2, 0.25) is 0 Å². The summed E-state index contributed by atoms with van der Waals surface area (Å²) in [7, 11) is 3.33. The first-order chi connectivity index (χ1) is 17.5. The Balaban J connectivity index is 0.000000148. The van der Waals surface area contributed by atoms with E-state index < -0.39 is 0 Å². The van der Waals surface area contributed by atoms with E-state index in [0.717, 1.165) is 56.3 Å². The number of H-pyrrole nitrogens is 2. The summed E-state index contributed by atoms with van der Waals surface area (Å²) in [5, 5.41) is 0.